The van der Waals surface area contributed by atoms with Gasteiger partial charge < -0.3 is 10.2 Å². The van der Waals surface area contributed by atoms with E-state index in [1.54, 1.807) is 0 Å². The van der Waals surface area contributed by atoms with Gasteiger partial charge in [-0.25, -0.2) is 9.17 Å². The van der Waals surface area contributed by atoms with Crippen LogP contribution >= 0.6 is 11.5 Å². The van der Waals surface area contributed by atoms with E-state index in [0.717, 1.165) is 11.5 Å². The van der Waals surface area contributed by atoms with Crippen LogP contribution < -0.4 is 0 Å². The molecule has 0 radical (unpaired) electrons. The second-order valence-electron chi connectivity index (χ2n) is 1.66. The summed E-state index contributed by atoms with van der Waals surface area (Å²) in [7, 11) is 0. The third-order valence-corrected chi connectivity index (χ3v) is 1.76. The molecule has 0 aliphatic rings. The van der Waals surface area contributed by atoms with Crippen molar-refractivity contribution in [2.45, 2.75) is 6.10 Å². The second kappa shape index (κ2) is 2.76. The van der Waals surface area contributed by atoms with Crippen molar-refractivity contribution in [1.29, 1.82) is 0 Å². The lowest BCUT2D eigenvalue weighted by molar-refractivity contribution is -0.146. The Morgan fingerprint density at radius 1 is 1.80 bits per heavy atom. The zero-order valence-corrected chi connectivity index (χ0v) is 5.71. The zero-order chi connectivity index (χ0) is 7.56. The normalized spacial score (nSPS) is 12.9. The predicted molar refractivity (Wildman–Crippen MR) is 34.7 cm³/mol. The number of carbonyl (C=O) groups is 1. The zero-order valence-electron chi connectivity index (χ0n) is 4.89. The lowest BCUT2D eigenvalue weighted by Crippen LogP contribution is -2.08. The van der Waals surface area contributed by atoms with Crippen molar-refractivity contribution in [3.8, 4) is 0 Å². The molecule has 0 saturated heterocycles. The van der Waals surface area contributed by atoms with E-state index in [9.17, 15) is 4.79 Å². The van der Waals surface area contributed by atoms with Crippen LogP contribution in [-0.4, -0.2) is 20.6 Å². The van der Waals surface area contributed by atoms with Crippen LogP contribution in [-0.2, 0) is 4.79 Å². The highest BCUT2D eigenvalue weighted by Crippen LogP contribution is 2.15. The van der Waals surface area contributed by atoms with Crippen LogP contribution in [0.25, 0.3) is 0 Å². The Kier molecular flexibility index (Phi) is 1.98. The minimum absolute atomic E-state index is 0.354. The number of aliphatic hydroxyl groups excluding tert-OH is 1. The van der Waals surface area contributed by atoms with Crippen molar-refractivity contribution < 1.29 is 15.0 Å². The molecule has 1 heterocycles. The number of carboxylic acid groups (broad SMARTS) is 1. The van der Waals surface area contributed by atoms with Gasteiger partial charge in [-0.05, 0) is 17.6 Å². The third kappa shape index (κ3) is 1.31. The van der Waals surface area contributed by atoms with E-state index in [1.807, 2.05) is 0 Å². The van der Waals surface area contributed by atoms with Crippen LogP contribution in [0.4, 0.5) is 0 Å². The molecular weight excluding hydrogens is 154 g/mol. The largest absolute Gasteiger partial charge is 0.479 e. The van der Waals surface area contributed by atoms with Crippen molar-refractivity contribution >= 4 is 17.5 Å². The predicted octanol–water partition coefficient (Wildman–Crippen LogP) is 0.261. The molecular formula is C5H5NO3S. The lowest BCUT2D eigenvalue weighted by Gasteiger charge is -1.97. The topological polar surface area (TPSA) is 70.4 Å². The molecule has 2 N–H and O–H groups in total. The maximum Gasteiger partial charge on any atom is 0.338 e. The Labute approximate surface area is 60.9 Å². The molecule has 0 saturated carbocycles. The highest BCUT2D eigenvalue weighted by atomic mass is 32.1. The Balaban J connectivity index is 2.77. The molecule has 10 heavy (non-hydrogen) atoms. The van der Waals surface area contributed by atoms with Crippen molar-refractivity contribution in [3.63, 3.8) is 0 Å². The van der Waals surface area contributed by atoms with E-state index in [-0.39, 0.29) is 0 Å². The number of carboxylic acids is 1. The SMILES string of the molecule is O=C(O)C(O)c1ccns1. The first-order chi connectivity index (χ1) is 4.72. The summed E-state index contributed by atoms with van der Waals surface area (Å²) < 4.78 is 3.64. The van der Waals surface area contributed by atoms with Crippen molar-refractivity contribution in [2.75, 3.05) is 0 Å². The van der Waals surface area contributed by atoms with Crippen LogP contribution in [0, 0.1) is 0 Å². The fourth-order valence-electron chi connectivity index (χ4n) is 0.488. The van der Waals surface area contributed by atoms with Crippen LogP contribution in [0.5, 0.6) is 0 Å². The number of hydrogen-bond donors (Lipinski definition) is 2. The van der Waals surface area contributed by atoms with Crippen molar-refractivity contribution in [2.24, 2.45) is 0 Å². The summed E-state index contributed by atoms with van der Waals surface area (Å²) in [4.78, 5) is 10.5. The van der Waals surface area contributed by atoms with E-state index in [1.165, 1.54) is 12.3 Å². The molecule has 1 aromatic rings. The van der Waals surface area contributed by atoms with E-state index in [0.29, 0.717) is 4.88 Å². The van der Waals surface area contributed by atoms with Crippen molar-refractivity contribution in [1.82, 2.24) is 4.37 Å². The molecule has 0 spiro atoms. The van der Waals surface area contributed by atoms with E-state index < -0.39 is 12.1 Å². The van der Waals surface area contributed by atoms with E-state index >= 15 is 0 Å². The molecule has 0 amide bonds. The summed E-state index contributed by atoms with van der Waals surface area (Å²) >= 11 is 0.979. The molecule has 0 aliphatic carbocycles. The minimum atomic E-state index is -1.42. The van der Waals surface area contributed by atoms with Gasteiger partial charge in [-0.15, -0.1) is 0 Å². The quantitative estimate of drug-likeness (QED) is 0.649. The summed E-state index contributed by atoms with van der Waals surface area (Å²) in [5.74, 6) is -1.25. The summed E-state index contributed by atoms with van der Waals surface area (Å²) in [6, 6.07) is 1.48. The van der Waals surface area contributed by atoms with Gasteiger partial charge in [0.15, 0.2) is 6.10 Å². The molecule has 1 rings (SSSR count). The molecule has 5 heteroatoms. The first-order valence-electron chi connectivity index (χ1n) is 2.53. The standard InChI is InChI=1S/C5H5NO3S/c7-4(5(8)9)3-1-2-6-10-3/h1-2,4,7H,(H,8,9). The third-order valence-electron chi connectivity index (χ3n) is 0.961. The smallest absolute Gasteiger partial charge is 0.338 e. The first kappa shape index (κ1) is 7.17. The number of rotatable bonds is 2. The van der Waals surface area contributed by atoms with Crippen LogP contribution in [0.15, 0.2) is 12.3 Å². The van der Waals surface area contributed by atoms with Gasteiger partial charge in [0.05, 0.1) is 4.88 Å². The van der Waals surface area contributed by atoms with Gasteiger partial charge in [0.1, 0.15) is 0 Å². The maximum absolute atomic E-state index is 10.1. The summed E-state index contributed by atoms with van der Waals surface area (Å²) in [6.45, 7) is 0. The molecule has 4 nitrogen and oxygen atoms in total. The highest BCUT2D eigenvalue weighted by molar-refractivity contribution is 7.05. The molecule has 0 fully saturated rings. The van der Waals surface area contributed by atoms with Crippen molar-refractivity contribution in [3.05, 3.63) is 17.1 Å². The van der Waals surface area contributed by atoms with Gasteiger partial charge in [0.2, 0.25) is 0 Å². The van der Waals surface area contributed by atoms with Gasteiger partial charge in [-0.2, -0.15) is 0 Å². The highest BCUT2D eigenvalue weighted by Gasteiger charge is 2.16. The van der Waals surface area contributed by atoms with Crippen LogP contribution in [0.1, 0.15) is 11.0 Å². The molecule has 0 aliphatic heterocycles. The summed E-state index contributed by atoms with van der Waals surface area (Å²) in [5.41, 5.74) is 0. The van der Waals surface area contributed by atoms with Crippen LogP contribution in [0.3, 0.4) is 0 Å². The van der Waals surface area contributed by atoms with Gasteiger partial charge in [0, 0.05) is 6.20 Å². The van der Waals surface area contributed by atoms with Gasteiger partial charge in [-0.1, -0.05) is 0 Å². The fourth-order valence-corrected chi connectivity index (χ4v) is 1.05. The summed E-state index contributed by atoms with van der Waals surface area (Å²) in [6.07, 6.45) is 0.0269. The first-order valence-corrected chi connectivity index (χ1v) is 3.30. The maximum atomic E-state index is 10.1. The van der Waals surface area contributed by atoms with Gasteiger partial charge in [0.25, 0.3) is 0 Å². The molecule has 54 valence electrons. The number of aliphatic carboxylic acids is 1. The number of aromatic nitrogens is 1. The van der Waals surface area contributed by atoms with Gasteiger partial charge in [-0.3, -0.25) is 0 Å². The Hall–Kier alpha value is -0.940. The Morgan fingerprint density at radius 2 is 2.50 bits per heavy atom. The fraction of sp³-hybridized carbons (Fsp3) is 0.200. The second-order valence-corrected chi connectivity index (χ2v) is 2.52. The average molecular weight is 159 g/mol. The molecule has 0 bridgehead atoms. The monoisotopic (exact) mass is 159 g/mol. The molecule has 1 atom stereocenters. The van der Waals surface area contributed by atoms with Gasteiger partial charge >= 0.3 is 5.97 Å². The lowest BCUT2D eigenvalue weighted by atomic mass is 10.3. The van der Waals surface area contributed by atoms with E-state index in [4.69, 9.17) is 10.2 Å². The molecule has 1 unspecified atom stereocenters. The van der Waals surface area contributed by atoms with Crippen LogP contribution in [0.2, 0.25) is 0 Å². The summed E-state index contributed by atoms with van der Waals surface area (Å²) in [5, 5.41) is 17.1. The molecule has 1 aromatic heterocycles. The average Bonchev–Trinajstić information content (AvgIpc) is 2.36. The minimum Gasteiger partial charge on any atom is -0.479 e. The van der Waals surface area contributed by atoms with E-state index in [2.05, 4.69) is 4.37 Å². The Bertz CT molecular complexity index is 221. The number of hydrogen-bond acceptors (Lipinski definition) is 4. The number of nitrogens with zero attached hydrogens (tertiary/aromatic N) is 1. The number of aliphatic hydroxyl groups is 1. The Morgan fingerprint density at radius 3 is 2.90 bits per heavy atom. The molecule has 0 aromatic carbocycles.